The number of unbranched alkanes of at least 4 members (excludes halogenated alkanes) is 11. The molecular weight excluding hydrogens is 743 g/mol. The second-order valence-corrected chi connectivity index (χ2v) is 21.1. The summed E-state index contributed by atoms with van der Waals surface area (Å²) in [7, 11) is -2.65. The number of aliphatic hydroxyl groups is 2. The van der Waals surface area contributed by atoms with Gasteiger partial charge in [-0.05, 0) is 66.8 Å². The molecule has 1 heterocycles. The third-order valence-electron chi connectivity index (χ3n) is 10.9. The summed E-state index contributed by atoms with van der Waals surface area (Å²) in [4.78, 5) is 29.7. The molecule has 0 spiro atoms. The van der Waals surface area contributed by atoms with Crippen molar-refractivity contribution in [2.45, 2.75) is 166 Å². The van der Waals surface area contributed by atoms with Crippen molar-refractivity contribution in [3.8, 4) is 0 Å². The normalized spacial score (nSPS) is 21.1. The fraction of sp³-hybridized carbons (Fsp3) is 0.636. The largest absolute Gasteiger partial charge is 0.454 e. The number of azide groups is 1. The molecule has 12 nitrogen and oxygen atoms in total. The van der Waals surface area contributed by atoms with E-state index in [1.807, 2.05) is 39.9 Å². The van der Waals surface area contributed by atoms with Crippen LogP contribution in [-0.2, 0) is 23.4 Å². The van der Waals surface area contributed by atoms with Gasteiger partial charge in [-0.15, -0.1) is 0 Å². The van der Waals surface area contributed by atoms with E-state index in [0.29, 0.717) is 5.56 Å². The second-order valence-electron chi connectivity index (χ2n) is 16.4. The van der Waals surface area contributed by atoms with Crippen LogP contribution in [0.15, 0.2) is 77.9 Å². The number of esters is 2. The zero-order valence-corrected chi connectivity index (χ0v) is 36.0. The fourth-order valence-electron chi connectivity index (χ4n) is 6.34. The minimum Gasteiger partial charge on any atom is -0.454 e. The molecule has 1 aliphatic rings. The molecule has 3 rings (SSSR count). The zero-order chi connectivity index (χ0) is 41.7. The van der Waals surface area contributed by atoms with Crippen LogP contribution in [0.3, 0.4) is 0 Å². The van der Waals surface area contributed by atoms with E-state index < -0.39 is 69.7 Å². The SMILES string of the molecule is CCCCCCCCCCCCC/C=C/[C@@H](OC(=O)c1ccccc1)[C@H](CO[C@H]1O[C@H](CO)[C@@H](O)[C@H](OC(=O)c2ccccc2)[C@@H]1O[Si](C)(C)C(C)(C)C)N=[N+]=[N-]. The quantitative estimate of drug-likeness (QED) is 0.0189. The van der Waals surface area contributed by atoms with Crippen LogP contribution in [0.5, 0.6) is 0 Å². The average Bonchev–Trinajstić information content (AvgIpc) is 3.19. The van der Waals surface area contributed by atoms with Gasteiger partial charge in [-0.1, -0.05) is 139 Å². The minimum absolute atomic E-state index is 0.270. The van der Waals surface area contributed by atoms with E-state index in [1.165, 1.54) is 51.4 Å². The minimum atomic E-state index is -2.65. The lowest BCUT2D eigenvalue weighted by atomic mass is 9.98. The van der Waals surface area contributed by atoms with Crippen molar-refractivity contribution < 1.29 is 43.2 Å². The average molecular weight is 810 g/mol. The first-order valence-corrected chi connectivity index (χ1v) is 23.7. The van der Waals surface area contributed by atoms with E-state index in [-0.39, 0.29) is 17.2 Å². The van der Waals surface area contributed by atoms with Crippen molar-refractivity contribution in [3.05, 3.63) is 94.4 Å². The Hall–Kier alpha value is -3.55. The van der Waals surface area contributed by atoms with Crippen LogP contribution >= 0.6 is 0 Å². The lowest BCUT2D eigenvalue weighted by molar-refractivity contribution is -0.298. The molecule has 0 bridgehead atoms. The molecule has 0 amide bonds. The van der Waals surface area contributed by atoms with Crippen LogP contribution in [0.2, 0.25) is 18.1 Å². The van der Waals surface area contributed by atoms with Crippen LogP contribution in [0, 0.1) is 0 Å². The first kappa shape index (κ1) is 47.8. The molecule has 2 aromatic rings. The predicted molar refractivity (Wildman–Crippen MR) is 224 cm³/mol. The lowest BCUT2D eigenvalue weighted by Gasteiger charge is -2.48. The Bertz CT molecular complexity index is 1530. The van der Waals surface area contributed by atoms with Crippen molar-refractivity contribution in [1.29, 1.82) is 0 Å². The van der Waals surface area contributed by atoms with E-state index >= 15 is 0 Å². The van der Waals surface area contributed by atoms with Crippen LogP contribution in [0.4, 0.5) is 0 Å². The van der Waals surface area contributed by atoms with Crippen LogP contribution in [0.1, 0.15) is 125 Å². The van der Waals surface area contributed by atoms with Gasteiger partial charge in [-0.3, -0.25) is 0 Å². The van der Waals surface area contributed by atoms with E-state index in [9.17, 15) is 25.3 Å². The smallest absolute Gasteiger partial charge is 0.338 e. The first-order valence-electron chi connectivity index (χ1n) is 20.8. The summed E-state index contributed by atoms with van der Waals surface area (Å²) in [5.41, 5.74) is 10.3. The zero-order valence-electron chi connectivity index (χ0n) is 35.0. The molecule has 57 heavy (non-hydrogen) atoms. The number of rotatable bonds is 25. The Kier molecular flexibility index (Phi) is 21.0. The van der Waals surface area contributed by atoms with Gasteiger partial charge in [-0.2, -0.15) is 0 Å². The third kappa shape index (κ3) is 16.0. The van der Waals surface area contributed by atoms with Crippen LogP contribution in [-0.4, -0.2) is 86.5 Å². The van der Waals surface area contributed by atoms with Crippen molar-refractivity contribution >= 4 is 20.3 Å². The molecule has 2 N–H and O–H groups in total. The molecule has 0 aliphatic carbocycles. The Balaban J connectivity index is 1.80. The summed E-state index contributed by atoms with van der Waals surface area (Å²) in [6, 6.07) is 15.9. The number of allylic oxidation sites excluding steroid dienone is 1. The number of hydrogen-bond acceptors (Lipinski definition) is 10. The third-order valence-corrected chi connectivity index (χ3v) is 15.3. The number of carbonyl (C=O) groups is 2. The highest BCUT2D eigenvalue weighted by Gasteiger charge is 2.52. The highest BCUT2D eigenvalue weighted by Crippen LogP contribution is 2.40. The summed E-state index contributed by atoms with van der Waals surface area (Å²) in [5.74, 6) is -1.29. The summed E-state index contributed by atoms with van der Waals surface area (Å²) in [6.07, 6.45) is 10.6. The highest BCUT2D eigenvalue weighted by molar-refractivity contribution is 6.74. The second kappa shape index (κ2) is 25.0. The van der Waals surface area contributed by atoms with Gasteiger partial charge < -0.3 is 33.6 Å². The van der Waals surface area contributed by atoms with E-state index in [0.717, 1.165) is 25.7 Å². The van der Waals surface area contributed by atoms with Crippen LogP contribution < -0.4 is 0 Å². The van der Waals surface area contributed by atoms with E-state index in [1.54, 1.807) is 66.7 Å². The molecule has 7 atom stereocenters. The number of aliphatic hydroxyl groups excluding tert-OH is 2. The van der Waals surface area contributed by atoms with Gasteiger partial charge in [0.2, 0.25) is 0 Å². The summed E-state index contributed by atoms with van der Waals surface area (Å²) in [5, 5.41) is 25.4. The Labute approximate surface area is 341 Å². The van der Waals surface area contributed by atoms with Gasteiger partial charge >= 0.3 is 11.9 Å². The topological polar surface area (TPSA) is 170 Å². The van der Waals surface area contributed by atoms with Gasteiger partial charge in [0.15, 0.2) is 20.7 Å². The molecule has 0 saturated carbocycles. The summed E-state index contributed by atoms with van der Waals surface area (Å²) >= 11 is 0. The first-order chi connectivity index (χ1) is 27.3. The Morgan fingerprint density at radius 3 is 1.95 bits per heavy atom. The predicted octanol–water partition coefficient (Wildman–Crippen LogP) is 9.86. The Morgan fingerprint density at radius 2 is 1.42 bits per heavy atom. The van der Waals surface area contributed by atoms with Gasteiger partial charge in [0.1, 0.15) is 30.5 Å². The maximum absolute atomic E-state index is 13.4. The van der Waals surface area contributed by atoms with Crippen molar-refractivity contribution in [2.75, 3.05) is 13.2 Å². The van der Waals surface area contributed by atoms with E-state index in [4.69, 9.17) is 23.4 Å². The molecule has 2 aromatic carbocycles. The molecule has 0 unspecified atom stereocenters. The molecule has 13 heteroatoms. The van der Waals surface area contributed by atoms with Gasteiger partial charge in [-0.25, -0.2) is 9.59 Å². The maximum atomic E-state index is 13.4. The molecule has 316 valence electrons. The number of nitrogens with zero attached hydrogens (tertiary/aromatic N) is 3. The summed E-state index contributed by atoms with van der Waals surface area (Å²) < 4.78 is 31.1. The number of hydrogen-bond donors (Lipinski definition) is 2. The lowest BCUT2D eigenvalue weighted by Crippen LogP contribution is -2.64. The van der Waals surface area contributed by atoms with Gasteiger partial charge in [0.25, 0.3) is 0 Å². The summed E-state index contributed by atoms with van der Waals surface area (Å²) in [6.45, 7) is 11.5. The standard InChI is InChI=1S/C44H67N3O9Si/c1-7-8-9-10-11-12-13-14-15-16-17-18-25-30-36(53-41(50)33-26-21-19-22-27-33)35(46-47-45)32-52-43-40(56-57(5,6)44(2,3)4)39(38(49)37(31-48)54-43)55-42(51)34-28-23-20-24-29-34/h19-30,35-40,43,48-49H,7-18,31-32H2,1-6H3/b30-25+/t35-,36+,37+,38+,39-,40-,43-/m0/s1. The fourth-order valence-corrected chi connectivity index (χ4v) is 7.62. The van der Waals surface area contributed by atoms with Gasteiger partial charge in [0, 0.05) is 4.91 Å². The van der Waals surface area contributed by atoms with Crippen molar-refractivity contribution in [1.82, 2.24) is 0 Å². The molecule has 0 radical (unpaired) electrons. The van der Waals surface area contributed by atoms with Crippen LogP contribution in [0.25, 0.3) is 10.4 Å². The Morgan fingerprint density at radius 1 is 0.877 bits per heavy atom. The monoisotopic (exact) mass is 809 g/mol. The molecule has 1 fully saturated rings. The number of benzene rings is 2. The molecular formula is C44H67N3O9Si. The molecule has 1 aliphatic heterocycles. The molecule has 0 aromatic heterocycles. The van der Waals surface area contributed by atoms with Gasteiger partial charge in [0.05, 0.1) is 24.3 Å². The number of carbonyl (C=O) groups excluding carboxylic acids is 2. The maximum Gasteiger partial charge on any atom is 0.338 e. The van der Waals surface area contributed by atoms with Crippen molar-refractivity contribution in [2.24, 2.45) is 5.11 Å². The highest BCUT2D eigenvalue weighted by atomic mass is 28.4. The van der Waals surface area contributed by atoms with Crippen molar-refractivity contribution in [3.63, 3.8) is 0 Å². The molecule has 1 saturated heterocycles. The number of ether oxygens (including phenoxy) is 4. The van der Waals surface area contributed by atoms with E-state index in [2.05, 4.69) is 16.9 Å².